The number of ketones is 1. The van der Waals surface area contributed by atoms with E-state index in [9.17, 15) is 9.59 Å². The first kappa shape index (κ1) is 26.2. The monoisotopic (exact) mass is 506 g/mol. The van der Waals surface area contributed by atoms with Crippen LogP contribution in [0.15, 0.2) is 119 Å². The van der Waals surface area contributed by atoms with Crippen molar-refractivity contribution in [3.63, 3.8) is 0 Å². The third-order valence-electron chi connectivity index (χ3n) is 6.03. The third-order valence-corrected chi connectivity index (χ3v) is 6.03. The Morgan fingerprint density at radius 1 is 0.711 bits per heavy atom. The summed E-state index contributed by atoms with van der Waals surface area (Å²) in [7, 11) is 0. The van der Waals surface area contributed by atoms with E-state index in [4.69, 9.17) is 8.83 Å². The Kier molecular flexibility index (Phi) is 8.23. The van der Waals surface area contributed by atoms with Crippen molar-refractivity contribution in [2.75, 3.05) is 36.0 Å². The second kappa shape index (κ2) is 11.9. The van der Waals surface area contributed by atoms with E-state index in [1.165, 1.54) is 6.08 Å². The van der Waals surface area contributed by atoms with Crippen molar-refractivity contribution in [2.45, 2.75) is 0 Å². The molecule has 0 aliphatic carbocycles. The van der Waals surface area contributed by atoms with Crippen LogP contribution in [-0.2, 0) is 0 Å². The summed E-state index contributed by atoms with van der Waals surface area (Å²) in [5.41, 5.74) is 2.20. The summed E-state index contributed by atoms with van der Waals surface area (Å²) < 4.78 is 11.4. The van der Waals surface area contributed by atoms with E-state index in [2.05, 4.69) is 31.2 Å². The number of hydrogen-bond donors (Lipinski definition) is 0. The number of anilines is 2. The van der Waals surface area contributed by atoms with Crippen molar-refractivity contribution in [3.05, 3.63) is 127 Å². The molecule has 0 spiro atoms. The van der Waals surface area contributed by atoms with Crippen LogP contribution in [0.2, 0.25) is 0 Å². The van der Waals surface area contributed by atoms with Crippen LogP contribution in [0.5, 0.6) is 0 Å². The molecule has 192 valence electrons. The predicted octanol–water partition coefficient (Wildman–Crippen LogP) is 6.79. The van der Waals surface area contributed by atoms with Crippen molar-refractivity contribution in [2.24, 2.45) is 0 Å². The van der Waals surface area contributed by atoms with Gasteiger partial charge in [0.15, 0.2) is 5.78 Å². The molecular weight excluding hydrogens is 476 g/mol. The molecule has 0 aliphatic rings. The lowest BCUT2D eigenvalue weighted by atomic mass is 10.1. The van der Waals surface area contributed by atoms with Gasteiger partial charge >= 0.3 is 5.63 Å². The molecule has 0 amide bonds. The minimum atomic E-state index is -0.693. The topological polar surface area (TPSA) is 66.9 Å². The van der Waals surface area contributed by atoms with Crippen molar-refractivity contribution in [3.8, 4) is 0 Å². The molecular formula is C32H30N2O4. The number of rotatable bonds is 13. The van der Waals surface area contributed by atoms with Crippen LogP contribution in [0.4, 0.5) is 11.4 Å². The fourth-order valence-corrected chi connectivity index (χ4v) is 4.23. The number of carbonyl (C=O) groups is 1. The molecule has 4 aromatic rings. The van der Waals surface area contributed by atoms with Gasteiger partial charge in [0.05, 0.1) is 0 Å². The fourth-order valence-electron chi connectivity index (χ4n) is 4.23. The number of hydrogen-bond acceptors (Lipinski definition) is 6. The molecule has 0 N–H and O–H groups in total. The number of fused-ring (bicyclic) bond motifs is 2. The van der Waals surface area contributed by atoms with Gasteiger partial charge in [0.2, 0.25) is 0 Å². The molecule has 38 heavy (non-hydrogen) atoms. The first-order valence-corrected chi connectivity index (χ1v) is 12.2. The van der Waals surface area contributed by atoms with Gasteiger partial charge in [-0.3, -0.25) is 4.79 Å². The molecule has 2 aromatic heterocycles. The number of furan rings is 1. The SMILES string of the molecule is C=CCN(CC=C)c1ccc2cc(/C=C/C(=O)c3cc4ccc(N(CC=C)CC=C)cc4oc3=O)oc2c1. The molecule has 0 atom stereocenters. The number of nitrogens with zero attached hydrogens (tertiary/aromatic N) is 2. The summed E-state index contributed by atoms with van der Waals surface area (Å²) in [6, 6.07) is 14.8. The van der Waals surface area contributed by atoms with E-state index in [0.29, 0.717) is 48.5 Å². The Bertz CT molecular complexity index is 1590. The summed E-state index contributed by atoms with van der Waals surface area (Å²) in [6.45, 7) is 17.8. The minimum absolute atomic E-state index is 0.0431. The van der Waals surface area contributed by atoms with Gasteiger partial charge in [0, 0.05) is 60.5 Å². The van der Waals surface area contributed by atoms with Crippen LogP contribution in [0, 0.1) is 0 Å². The minimum Gasteiger partial charge on any atom is -0.457 e. The average Bonchev–Trinajstić information content (AvgIpc) is 3.33. The van der Waals surface area contributed by atoms with Gasteiger partial charge in [-0.25, -0.2) is 4.79 Å². The van der Waals surface area contributed by atoms with Gasteiger partial charge in [-0.1, -0.05) is 24.3 Å². The van der Waals surface area contributed by atoms with Crippen molar-refractivity contribution in [1.29, 1.82) is 0 Å². The van der Waals surface area contributed by atoms with Gasteiger partial charge in [-0.2, -0.15) is 0 Å². The molecule has 6 nitrogen and oxygen atoms in total. The molecule has 0 unspecified atom stereocenters. The largest absolute Gasteiger partial charge is 0.457 e. The van der Waals surface area contributed by atoms with Gasteiger partial charge in [-0.05, 0) is 48.6 Å². The second-order valence-corrected chi connectivity index (χ2v) is 8.70. The lowest BCUT2D eigenvalue weighted by Gasteiger charge is -2.21. The lowest BCUT2D eigenvalue weighted by molar-refractivity contribution is 0.104. The standard InChI is InChI=1S/C32H30N2O4/c1-5-15-33(16-6-2)25-11-9-23-19-27(37-30(23)21-25)13-14-29(35)28-20-24-10-12-26(22-31(24)38-32(28)36)34(17-7-3)18-8-4/h5-14,19-22H,1-4,15-18H2/b14-13+. The smallest absolute Gasteiger partial charge is 0.347 e. The molecule has 2 heterocycles. The van der Waals surface area contributed by atoms with E-state index >= 15 is 0 Å². The highest BCUT2D eigenvalue weighted by atomic mass is 16.4. The quantitative estimate of drug-likeness (QED) is 0.0861. The molecule has 4 rings (SSSR count). The number of benzene rings is 2. The summed E-state index contributed by atoms with van der Waals surface area (Å²) >= 11 is 0. The summed E-state index contributed by atoms with van der Waals surface area (Å²) in [6.07, 6.45) is 10.1. The Labute approximate surface area is 221 Å². The maximum atomic E-state index is 12.9. The van der Waals surface area contributed by atoms with E-state index in [-0.39, 0.29) is 5.56 Å². The number of allylic oxidation sites excluding steroid dienone is 1. The van der Waals surface area contributed by atoms with Crippen molar-refractivity contribution >= 4 is 45.2 Å². The molecule has 0 fully saturated rings. The van der Waals surface area contributed by atoms with E-state index in [1.807, 2.05) is 53.5 Å². The van der Waals surface area contributed by atoms with Gasteiger partial charge in [0.25, 0.3) is 0 Å². The highest BCUT2D eigenvalue weighted by Crippen LogP contribution is 2.26. The molecule has 2 aromatic carbocycles. The Morgan fingerprint density at radius 3 is 1.74 bits per heavy atom. The normalized spacial score (nSPS) is 11.1. The zero-order valence-corrected chi connectivity index (χ0v) is 21.3. The summed E-state index contributed by atoms with van der Waals surface area (Å²) in [5.74, 6) is 0.0396. The van der Waals surface area contributed by atoms with Gasteiger partial charge in [-0.15, -0.1) is 26.3 Å². The first-order valence-electron chi connectivity index (χ1n) is 12.2. The zero-order chi connectivity index (χ0) is 27.1. The average molecular weight is 507 g/mol. The van der Waals surface area contributed by atoms with E-state index < -0.39 is 11.4 Å². The van der Waals surface area contributed by atoms with Gasteiger partial charge in [0.1, 0.15) is 22.5 Å². The molecule has 0 radical (unpaired) electrons. The molecule has 0 bridgehead atoms. The Morgan fingerprint density at radius 2 is 1.21 bits per heavy atom. The molecule has 6 heteroatoms. The predicted molar refractivity (Wildman–Crippen MR) is 157 cm³/mol. The molecule has 0 aliphatic heterocycles. The van der Waals surface area contributed by atoms with Crippen LogP contribution < -0.4 is 15.4 Å². The lowest BCUT2D eigenvalue weighted by Crippen LogP contribution is -2.23. The zero-order valence-electron chi connectivity index (χ0n) is 21.3. The van der Waals surface area contributed by atoms with Gasteiger partial charge < -0.3 is 18.6 Å². The van der Waals surface area contributed by atoms with Crippen LogP contribution in [0.1, 0.15) is 16.1 Å². The third kappa shape index (κ3) is 5.76. The fraction of sp³-hybridized carbons (Fsp3) is 0.125. The second-order valence-electron chi connectivity index (χ2n) is 8.70. The summed E-state index contributed by atoms with van der Waals surface area (Å²) in [4.78, 5) is 29.7. The summed E-state index contributed by atoms with van der Waals surface area (Å²) in [5, 5.41) is 1.56. The number of carbonyl (C=O) groups excluding carboxylic acids is 1. The first-order chi connectivity index (χ1) is 18.5. The van der Waals surface area contributed by atoms with Crippen molar-refractivity contribution in [1.82, 2.24) is 0 Å². The highest BCUT2D eigenvalue weighted by Gasteiger charge is 2.14. The van der Waals surface area contributed by atoms with Crippen LogP contribution >= 0.6 is 0 Å². The van der Waals surface area contributed by atoms with Crippen LogP contribution in [0.3, 0.4) is 0 Å². The Hall–Kier alpha value is -4.84. The molecule has 0 saturated heterocycles. The maximum Gasteiger partial charge on any atom is 0.347 e. The molecule has 0 saturated carbocycles. The van der Waals surface area contributed by atoms with E-state index in [1.54, 1.807) is 30.4 Å². The van der Waals surface area contributed by atoms with Crippen LogP contribution in [-0.4, -0.2) is 32.0 Å². The van der Waals surface area contributed by atoms with Crippen molar-refractivity contribution < 1.29 is 13.6 Å². The highest BCUT2D eigenvalue weighted by molar-refractivity contribution is 6.08. The Balaban J connectivity index is 1.57. The van der Waals surface area contributed by atoms with Crippen LogP contribution in [0.25, 0.3) is 28.0 Å². The maximum absolute atomic E-state index is 12.9. The van der Waals surface area contributed by atoms with E-state index in [0.717, 1.165) is 16.8 Å².